The highest BCUT2D eigenvalue weighted by molar-refractivity contribution is 14.0. The number of halogens is 1. The van der Waals surface area contributed by atoms with Gasteiger partial charge < -0.3 is 15.4 Å². The second-order valence-corrected chi connectivity index (χ2v) is 4.56. The number of rotatable bonds is 4. The summed E-state index contributed by atoms with van der Waals surface area (Å²) in [4.78, 5) is 4.24. The van der Waals surface area contributed by atoms with E-state index in [9.17, 15) is 0 Å². The predicted molar refractivity (Wildman–Crippen MR) is 93.9 cm³/mol. The van der Waals surface area contributed by atoms with E-state index in [2.05, 4.69) is 33.8 Å². The molecule has 0 bridgehead atoms. The van der Waals surface area contributed by atoms with Crippen LogP contribution < -0.4 is 15.4 Å². The number of nitrogens with one attached hydrogen (secondary N) is 2. The lowest BCUT2D eigenvalue weighted by Gasteiger charge is -2.17. The highest BCUT2D eigenvalue weighted by Gasteiger charge is 2.11. The van der Waals surface area contributed by atoms with E-state index in [4.69, 9.17) is 4.74 Å². The molecule has 1 aliphatic carbocycles. The number of hydrogen-bond donors (Lipinski definition) is 2. The summed E-state index contributed by atoms with van der Waals surface area (Å²) in [5.41, 5.74) is 1.17. The molecule has 2 rings (SSSR count). The molecular formula is C15H22IN3O. The Balaban J connectivity index is 0.00000200. The zero-order valence-corrected chi connectivity index (χ0v) is 14.3. The molecule has 20 heavy (non-hydrogen) atoms. The quantitative estimate of drug-likeness (QED) is 0.362. The van der Waals surface area contributed by atoms with Gasteiger partial charge >= 0.3 is 0 Å². The predicted octanol–water partition coefficient (Wildman–Crippen LogP) is 2.70. The van der Waals surface area contributed by atoms with Gasteiger partial charge in [-0.1, -0.05) is 24.3 Å². The molecule has 5 heteroatoms. The van der Waals surface area contributed by atoms with Gasteiger partial charge in [0, 0.05) is 19.6 Å². The van der Waals surface area contributed by atoms with E-state index in [1.54, 1.807) is 14.2 Å². The van der Waals surface area contributed by atoms with Crippen LogP contribution in [0.15, 0.2) is 41.4 Å². The molecule has 110 valence electrons. The fourth-order valence-electron chi connectivity index (χ4n) is 2.09. The molecule has 1 aromatic rings. The molecule has 0 saturated heterocycles. The van der Waals surface area contributed by atoms with Crippen LogP contribution in [-0.2, 0) is 6.54 Å². The highest BCUT2D eigenvalue weighted by Crippen LogP contribution is 2.12. The van der Waals surface area contributed by atoms with Gasteiger partial charge in [-0.15, -0.1) is 24.0 Å². The molecule has 0 heterocycles. The molecular weight excluding hydrogens is 365 g/mol. The second-order valence-electron chi connectivity index (χ2n) is 4.56. The van der Waals surface area contributed by atoms with E-state index < -0.39 is 0 Å². The van der Waals surface area contributed by atoms with Crippen molar-refractivity contribution < 1.29 is 4.74 Å². The van der Waals surface area contributed by atoms with E-state index in [1.807, 2.05) is 18.2 Å². The van der Waals surface area contributed by atoms with Crippen molar-refractivity contribution in [3.05, 3.63) is 42.0 Å². The Morgan fingerprint density at radius 3 is 2.75 bits per heavy atom. The number of nitrogens with zero attached hydrogens (tertiary/aromatic N) is 1. The summed E-state index contributed by atoms with van der Waals surface area (Å²) in [7, 11) is 3.48. The van der Waals surface area contributed by atoms with E-state index in [1.165, 1.54) is 5.56 Å². The summed E-state index contributed by atoms with van der Waals surface area (Å²) in [5.74, 6) is 1.72. The van der Waals surface area contributed by atoms with Crippen LogP contribution in [-0.4, -0.2) is 26.2 Å². The normalized spacial score (nSPS) is 14.8. The third kappa shape index (κ3) is 5.03. The van der Waals surface area contributed by atoms with Gasteiger partial charge in [0.05, 0.1) is 7.11 Å². The van der Waals surface area contributed by atoms with Gasteiger partial charge in [-0.05, 0) is 30.5 Å². The smallest absolute Gasteiger partial charge is 0.191 e. The first-order chi connectivity index (χ1) is 9.31. The van der Waals surface area contributed by atoms with Gasteiger partial charge in [-0.3, -0.25) is 4.99 Å². The first-order valence-electron chi connectivity index (χ1n) is 6.57. The van der Waals surface area contributed by atoms with Gasteiger partial charge in [0.15, 0.2) is 5.96 Å². The van der Waals surface area contributed by atoms with E-state index in [0.29, 0.717) is 6.04 Å². The van der Waals surface area contributed by atoms with Gasteiger partial charge in [-0.2, -0.15) is 0 Å². The minimum atomic E-state index is 0. The van der Waals surface area contributed by atoms with Crippen LogP contribution in [0, 0.1) is 0 Å². The Labute approximate surface area is 137 Å². The summed E-state index contributed by atoms with van der Waals surface area (Å²) < 4.78 is 5.21. The maximum atomic E-state index is 5.21. The van der Waals surface area contributed by atoms with Crippen molar-refractivity contribution in [2.24, 2.45) is 4.99 Å². The number of aliphatic imine (C=N–C) groups is 1. The molecule has 2 N–H and O–H groups in total. The van der Waals surface area contributed by atoms with Crippen molar-refractivity contribution in [2.75, 3.05) is 14.2 Å². The van der Waals surface area contributed by atoms with Crippen LogP contribution >= 0.6 is 24.0 Å². The van der Waals surface area contributed by atoms with Crippen LogP contribution in [0.5, 0.6) is 5.75 Å². The maximum Gasteiger partial charge on any atom is 0.191 e. The molecule has 0 aliphatic heterocycles. The number of benzene rings is 1. The molecule has 0 unspecified atom stereocenters. The van der Waals surface area contributed by atoms with Gasteiger partial charge in [0.25, 0.3) is 0 Å². The molecule has 0 atom stereocenters. The fourth-order valence-corrected chi connectivity index (χ4v) is 2.09. The largest absolute Gasteiger partial charge is 0.497 e. The van der Waals surface area contributed by atoms with Crippen molar-refractivity contribution in [3.63, 3.8) is 0 Å². The zero-order valence-electron chi connectivity index (χ0n) is 11.9. The lowest BCUT2D eigenvalue weighted by Crippen LogP contribution is -2.42. The minimum absolute atomic E-state index is 0. The van der Waals surface area contributed by atoms with Crippen molar-refractivity contribution >= 4 is 29.9 Å². The van der Waals surface area contributed by atoms with E-state index in [-0.39, 0.29) is 24.0 Å². The van der Waals surface area contributed by atoms with Gasteiger partial charge in [0.1, 0.15) is 5.75 Å². The van der Waals surface area contributed by atoms with E-state index >= 15 is 0 Å². The van der Waals surface area contributed by atoms with Crippen molar-refractivity contribution in [2.45, 2.75) is 25.4 Å². The van der Waals surface area contributed by atoms with Crippen molar-refractivity contribution in [3.8, 4) is 5.75 Å². The summed E-state index contributed by atoms with van der Waals surface area (Å²) in [5, 5.41) is 6.73. The van der Waals surface area contributed by atoms with Crippen LogP contribution in [0.4, 0.5) is 0 Å². The minimum Gasteiger partial charge on any atom is -0.497 e. The Morgan fingerprint density at radius 2 is 2.10 bits per heavy atom. The standard InChI is InChI=1S/C15H21N3O.HI/c1-16-15(18-13-7-3-4-8-13)17-11-12-6-5-9-14(10-12)19-2;/h3-6,9-10,13H,7-8,11H2,1-2H3,(H2,16,17,18);1H. The first kappa shape index (κ1) is 16.8. The Morgan fingerprint density at radius 1 is 1.35 bits per heavy atom. The van der Waals surface area contributed by atoms with Gasteiger partial charge in [0.2, 0.25) is 0 Å². The molecule has 0 spiro atoms. The van der Waals surface area contributed by atoms with E-state index in [0.717, 1.165) is 31.1 Å². The number of ether oxygens (including phenoxy) is 1. The Kier molecular flexibility index (Phi) is 7.43. The third-order valence-electron chi connectivity index (χ3n) is 3.17. The molecule has 0 amide bonds. The van der Waals surface area contributed by atoms with Crippen molar-refractivity contribution in [1.29, 1.82) is 0 Å². The first-order valence-corrected chi connectivity index (χ1v) is 6.57. The van der Waals surface area contributed by atoms with Crippen LogP contribution in [0.2, 0.25) is 0 Å². The third-order valence-corrected chi connectivity index (χ3v) is 3.17. The molecule has 0 radical (unpaired) electrons. The van der Waals surface area contributed by atoms with Gasteiger partial charge in [-0.25, -0.2) is 0 Å². The number of hydrogen-bond acceptors (Lipinski definition) is 2. The van der Waals surface area contributed by atoms with Crippen LogP contribution in [0.1, 0.15) is 18.4 Å². The maximum absolute atomic E-state index is 5.21. The zero-order chi connectivity index (χ0) is 13.5. The van der Waals surface area contributed by atoms with Crippen molar-refractivity contribution in [1.82, 2.24) is 10.6 Å². The average Bonchev–Trinajstić information content (AvgIpc) is 2.96. The number of guanidine groups is 1. The fraction of sp³-hybridized carbons (Fsp3) is 0.400. The lowest BCUT2D eigenvalue weighted by molar-refractivity contribution is 0.414. The highest BCUT2D eigenvalue weighted by atomic mass is 127. The summed E-state index contributed by atoms with van der Waals surface area (Å²) in [6.45, 7) is 0.733. The van der Waals surface area contributed by atoms with Crippen LogP contribution in [0.25, 0.3) is 0 Å². The Bertz CT molecular complexity index is 466. The number of methoxy groups -OCH3 is 1. The average molecular weight is 387 g/mol. The summed E-state index contributed by atoms with van der Waals surface area (Å²) in [6.07, 6.45) is 6.54. The summed E-state index contributed by atoms with van der Waals surface area (Å²) >= 11 is 0. The molecule has 0 saturated carbocycles. The SMILES string of the molecule is CN=C(NCc1cccc(OC)c1)NC1CC=CC1.I. The topological polar surface area (TPSA) is 45.7 Å². The molecule has 1 aromatic carbocycles. The molecule has 1 aliphatic rings. The molecule has 0 fully saturated rings. The lowest BCUT2D eigenvalue weighted by atomic mass is 10.2. The monoisotopic (exact) mass is 387 g/mol. The second kappa shape index (κ2) is 8.84. The summed E-state index contributed by atoms with van der Waals surface area (Å²) in [6, 6.07) is 8.50. The molecule has 0 aromatic heterocycles. The van der Waals surface area contributed by atoms with Crippen LogP contribution in [0.3, 0.4) is 0 Å². The Hall–Kier alpha value is -1.24. The molecule has 4 nitrogen and oxygen atoms in total.